The van der Waals surface area contributed by atoms with Crippen molar-refractivity contribution in [2.75, 3.05) is 0 Å². The molecule has 0 aromatic heterocycles. The van der Waals surface area contributed by atoms with Gasteiger partial charge in [0.05, 0.1) is 4.99 Å². The van der Waals surface area contributed by atoms with Crippen molar-refractivity contribution in [3.8, 4) is 0 Å². The highest BCUT2D eigenvalue weighted by molar-refractivity contribution is 7.80. The summed E-state index contributed by atoms with van der Waals surface area (Å²) in [6.45, 7) is 2.15. The van der Waals surface area contributed by atoms with E-state index in [1.165, 1.54) is 6.42 Å². The van der Waals surface area contributed by atoms with Crippen molar-refractivity contribution in [1.29, 1.82) is 0 Å². The molecule has 1 atom stereocenters. The van der Waals surface area contributed by atoms with Gasteiger partial charge < -0.3 is 5.32 Å². The Kier molecular flexibility index (Phi) is 1.28. The van der Waals surface area contributed by atoms with Gasteiger partial charge in [0, 0.05) is 6.04 Å². The van der Waals surface area contributed by atoms with Crippen LogP contribution in [0.15, 0.2) is 0 Å². The highest BCUT2D eigenvalue weighted by Crippen LogP contribution is 2.05. The molecule has 0 aromatic carbocycles. The van der Waals surface area contributed by atoms with Crippen molar-refractivity contribution in [1.82, 2.24) is 5.32 Å². The lowest BCUT2D eigenvalue weighted by Crippen LogP contribution is -2.20. The maximum atomic E-state index is 4.88. The Balaban J connectivity index is 2.40. The second-order valence-electron chi connectivity index (χ2n) is 2.01. The second-order valence-corrected chi connectivity index (χ2v) is 2.50. The van der Waals surface area contributed by atoms with Crippen molar-refractivity contribution in [2.24, 2.45) is 0 Å². The molecule has 1 rings (SSSR count). The topological polar surface area (TPSA) is 12.0 Å². The van der Waals surface area contributed by atoms with E-state index in [1.807, 2.05) is 0 Å². The fourth-order valence-electron chi connectivity index (χ4n) is 0.767. The molecule has 1 aliphatic rings. The van der Waals surface area contributed by atoms with Crippen LogP contribution in [0.5, 0.6) is 0 Å². The van der Waals surface area contributed by atoms with Crippen LogP contribution in [-0.2, 0) is 0 Å². The summed E-state index contributed by atoms with van der Waals surface area (Å²) in [5.74, 6) is 0. The van der Waals surface area contributed by atoms with Crippen LogP contribution < -0.4 is 5.32 Å². The summed E-state index contributed by atoms with van der Waals surface area (Å²) in [7, 11) is 0. The fourth-order valence-corrected chi connectivity index (χ4v) is 1.09. The zero-order chi connectivity index (χ0) is 5.28. The van der Waals surface area contributed by atoms with Crippen LogP contribution in [0.25, 0.3) is 0 Å². The third kappa shape index (κ3) is 1.13. The van der Waals surface area contributed by atoms with Crippen LogP contribution in [0.1, 0.15) is 19.8 Å². The minimum atomic E-state index is 0.632. The van der Waals surface area contributed by atoms with E-state index >= 15 is 0 Å². The van der Waals surface area contributed by atoms with Gasteiger partial charge in [0.1, 0.15) is 0 Å². The van der Waals surface area contributed by atoms with Gasteiger partial charge in [-0.1, -0.05) is 12.2 Å². The minimum absolute atomic E-state index is 0.632. The molecule has 0 radical (unpaired) electrons. The summed E-state index contributed by atoms with van der Waals surface area (Å²) < 4.78 is 0. The van der Waals surface area contributed by atoms with E-state index in [1.54, 1.807) is 0 Å². The first kappa shape index (κ1) is 5.04. The highest BCUT2D eigenvalue weighted by atomic mass is 32.1. The summed E-state index contributed by atoms with van der Waals surface area (Å²) in [6.07, 6.45) is 2.31. The third-order valence-corrected chi connectivity index (χ3v) is 1.53. The maximum Gasteiger partial charge on any atom is 0.0756 e. The molecule has 1 fully saturated rings. The van der Waals surface area contributed by atoms with Gasteiger partial charge in [-0.05, 0) is 19.8 Å². The summed E-state index contributed by atoms with van der Waals surface area (Å²) in [4.78, 5) is 1.03. The van der Waals surface area contributed by atoms with Crippen LogP contribution in [0, 0.1) is 0 Å². The summed E-state index contributed by atoms with van der Waals surface area (Å²) in [5, 5.41) is 3.15. The van der Waals surface area contributed by atoms with Crippen LogP contribution >= 0.6 is 12.2 Å². The molecular formula is C5H9NS. The van der Waals surface area contributed by atoms with E-state index < -0.39 is 0 Å². The van der Waals surface area contributed by atoms with Gasteiger partial charge in [0.2, 0.25) is 0 Å². The largest absolute Gasteiger partial charge is 0.377 e. The van der Waals surface area contributed by atoms with E-state index in [-0.39, 0.29) is 0 Å². The summed E-state index contributed by atoms with van der Waals surface area (Å²) >= 11 is 4.88. The first-order valence-electron chi connectivity index (χ1n) is 2.58. The average Bonchev–Trinajstić information content (AvgIpc) is 1.87. The maximum absolute atomic E-state index is 4.88. The Morgan fingerprint density at radius 1 is 1.86 bits per heavy atom. The zero-order valence-electron chi connectivity index (χ0n) is 4.40. The fraction of sp³-hybridized carbons (Fsp3) is 0.800. The van der Waals surface area contributed by atoms with Gasteiger partial charge in [0.25, 0.3) is 0 Å². The molecule has 7 heavy (non-hydrogen) atoms. The molecule has 0 unspecified atom stereocenters. The molecule has 1 aliphatic heterocycles. The molecule has 0 amide bonds. The Morgan fingerprint density at radius 3 is 2.71 bits per heavy atom. The van der Waals surface area contributed by atoms with Crippen LogP contribution in [-0.4, -0.2) is 11.0 Å². The Bertz CT molecular complexity index is 90.1. The monoisotopic (exact) mass is 115 g/mol. The lowest BCUT2D eigenvalue weighted by atomic mass is 10.3. The molecular weight excluding hydrogens is 106 g/mol. The smallest absolute Gasteiger partial charge is 0.0756 e. The standard InChI is InChI=1S/C5H9NS/c1-4-2-3-5(7)6-4/h4H,2-3H2,1H3,(H,6,7)/t4-/m1/s1. The molecule has 1 N–H and O–H groups in total. The van der Waals surface area contributed by atoms with E-state index in [0.717, 1.165) is 11.4 Å². The number of hydrogen-bond acceptors (Lipinski definition) is 1. The first-order valence-corrected chi connectivity index (χ1v) is 2.99. The van der Waals surface area contributed by atoms with E-state index in [2.05, 4.69) is 12.2 Å². The Hall–Kier alpha value is -0.110. The van der Waals surface area contributed by atoms with Crippen molar-refractivity contribution in [3.05, 3.63) is 0 Å². The third-order valence-electron chi connectivity index (χ3n) is 1.21. The molecule has 0 spiro atoms. The van der Waals surface area contributed by atoms with Gasteiger partial charge in [-0.15, -0.1) is 0 Å². The normalized spacial score (nSPS) is 30.4. The lowest BCUT2D eigenvalue weighted by molar-refractivity contribution is 0.692. The number of rotatable bonds is 0. The van der Waals surface area contributed by atoms with Crippen molar-refractivity contribution in [3.63, 3.8) is 0 Å². The predicted molar refractivity (Wildman–Crippen MR) is 34.4 cm³/mol. The molecule has 0 aliphatic carbocycles. The van der Waals surface area contributed by atoms with Gasteiger partial charge >= 0.3 is 0 Å². The van der Waals surface area contributed by atoms with Crippen molar-refractivity contribution in [2.45, 2.75) is 25.8 Å². The second kappa shape index (κ2) is 1.78. The van der Waals surface area contributed by atoms with E-state index in [4.69, 9.17) is 12.2 Å². The molecule has 2 heteroatoms. The summed E-state index contributed by atoms with van der Waals surface area (Å²) in [5.41, 5.74) is 0. The van der Waals surface area contributed by atoms with Crippen LogP contribution in [0.2, 0.25) is 0 Å². The van der Waals surface area contributed by atoms with E-state index in [9.17, 15) is 0 Å². The minimum Gasteiger partial charge on any atom is -0.377 e. The SMILES string of the molecule is C[C@@H]1CCC(=S)N1. The van der Waals surface area contributed by atoms with Gasteiger partial charge in [0.15, 0.2) is 0 Å². The van der Waals surface area contributed by atoms with Crippen LogP contribution in [0.4, 0.5) is 0 Å². The number of nitrogens with one attached hydrogen (secondary N) is 1. The zero-order valence-corrected chi connectivity index (χ0v) is 5.22. The Labute approximate surface area is 49.1 Å². The quantitative estimate of drug-likeness (QED) is 0.474. The molecule has 1 nitrogen and oxygen atoms in total. The van der Waals surface area contributed by atoms with Gasteiger partial charge in [-0.25, -0.2) is 0 Å². The highest BCUT2D eigenvalue weighted by Gasteiger charge is 2.11. The van der Waals surface area contributed by atoms with Crippen molar-refractivity contribution >= 4 is 17.2 Å². The van der Waals surface area contributed by atoms with Crippen molar-refractivity contribution < 1.29 is 0 Å². The Morgan fingerprint density at radius 2 is 2.57 bits per heavy atom. The number of hydrogen-bond donors (Lipinski definition) is 1. The van der Waals surface area contributed by atoms with Gasteiger partial charge in [-0.2, -0.15) is 0 Å². The van der Waals surface area contributed by atoms with Crippen LogP contribution in [0.3, 0.4) is 0 Å². The molecule has 1 saturated heterocycles. The first-order chi connectivity index (χ1) is 3.29. The summed E-state index contributed by atoms with van der Waals surface area (Å²) in [6, 6.07) is 0.632. The predicted octanol–water partition coefficient (Wildman–Crippen LogP) is 1.09. The number of thiocarbonyl (C=S) groups is 1. The molecule has 40 valence electrons. The molecule has 0 saturated carbocycles. The lowest BCUT2D eigenvalue weighted by Gasteiger charge is -1.97. The molecule has 1 heterocycles. The molecule has 0 bridgehead atoms. The van der Waals surface area contributed by atoms with Gasteiger partial charge in [-0.3, -0.25) is 0 Å². The average molecular weight is 115 g/mol. The molecule has 0 aromatic rings. The van der Waals surface area contributed by atoms with E-state index in [0.29, 0.717) is 6.04 Å².